The molecule has 1 saturated heterocycles. The van der Waals surface area contributed by atoms with Crippen molar-refractivity contribution in [2.24, 2.45) is 0 Å². The number of nitrogens with zero attached hydrogens (tertiary/aromatic N) is 1. The van der Waals surface area contributed by atoms with E-state index >= 15 is 0 Å². The van der Waals surface area contributed by atoms with Gasteiger partial charge in [0.1, 0.15) is 28.8 Å². The number of hydrogen-bond donors (Lipinski definition) is 1. The van der Waals surface area contributed by atoms with E-state index in [-0.39, 0.29) is 23.4 Å². The molecule has 1 atom stereocenters. The van der Waals surface area contributed by atoms with Crippen LogP contribution in [0.4, 0.5) is 0 Å². The smallest absolute Gasteiger partial charge is 0.296 e. The first-order valence-electron chi connectivity index (χ1n) is 10.2. The number of furan rings is 1. The Bertz CT molecular complexity index is 1210. The summed E-state index contributed by atoms with van der Waals surface area (Å²) >= 11 is 0. The minimum Gasteiger partial charge on any atom is -0.507 e. The summed E-state index contributed by atoms with van der Waals surface area (Å²) in [4.78, 5) is 27.7. The van der Waals surface area contributed by atoms with Crippen LogP contribution in [0, 0.1) is 0 Å². The largest absolute Gasteiger partial charge is 0.507 e. The van der Waals surface area contributed by atoms with Crippen LogP contribution in [0.3, 0.4) is 0 Å². The Balaban J connectivity index is 1.92. The fourth-order valence-electron chi connectivity index (χ4n) is 3.92. The molecule has 0 radical (unpaired) electrons. The molecule has 3 aromatic rings. The third-order valence-corrected chi connectivity index (χ3v) is 5.52. The van der Waals surface area contributed by atoms with E-state index in [0.717, 1.165) is 0 Å². The fraction of sp³-hybridized carbons (Fsp3) is 0.200. The number of hydrogen-bond acceptors (Lipinski definition) is 7. The van der Waals surface area contributed by atoms with Crippen LogP contribution >= 0.6 is 0 Å². The van der Waals surface area contributed by atoms with Crippen molar-refractivity contribution in [1.29, 1.82) is 0 Å². The van der Waals surface area contributed by atoms with E-state index in [1.807, 2.05) is 0 Å². The fourth-order valence-corrected chi connectivity index (χ4v) is 3.92. The second kappa shape index (κ2) is 9.12. The van der Waals surface area contributed by atoms with Gasteiger partial charge in [-0.15, -0.1) is 0 Å². The quantitative estimate of drug-likeness (QED) is 0.332. The third-order valence-electron chi connectivity index (χ3n) is 5.52. The SMILES string of the molecule is COc1cccc(C2/C(=C(\O)c3cc(OC)ccc3OC)C(=O)C(=O)N2Cc2ccco2)c1. The van der Waals surface area contributed by atoms with Crippen molar-refractivity contribution in [1.82, 2.24) is 4.90 Å². The Hall–Kier alpha value is -4.20. The van der Waals surface area contributed by atoms with Gasteiger partial charge in [-0.25, -0.2) is 0 Å². The molecule has 1 unspecified atom stereocenters. The number of ether oxygens (including phenoxy) is 3. The van der Waals surface area contributed by atoms with Gasteiger partial charge in [0.25, 0.3) is 11.7 Å². The molecule has 1 N–H and O–H groups in total. The zero-order chi connectivity index (χ0) is 23.5. The minimum atomic E-state index is -0.874. The average Bonchev–Trinajstić information content (AvgIpc) is 3.45. The van der Waals surface area contributed by atoms with Crippen LogP contribution in [0.25, 0.3) is 5.76 Å². The molecule has 1 aliphatic rings. The highest BCUT2D eigenvalue weighted by Crippen LogP contribution is 2.42. The van der Waals surface area contributed by atoms with Crippen molar-refractivity contribution in [3.8, 4) is 17.2 Å². The minimum absolute atomic E-state index is 0.0471. The number of ketones is 1. The molecule has 0 spiro atoms. The predicted octanol–water partition coefficient (Wildman–Crippen LogP) is 3.93. The van der Waals surface area contributed by atoms with Crippen LogP contribution in [-0.4, -0.2) is 43.0 Å². The summed E-state index contributed by atoms with van der Waals surface area (Å²) in [6.07, 6.45) is 1.49. The Morgan fingerprint density at radius 1 is 0.970 bits per heavy atom. The molecule has 1 fully saturated rings. The van der Waals surface area contributed by atoms with Crippen molar-refractivity contribution in [3.63, 3.8) is 0 Å². The van der Waals surface area contributed by atoms with E-state index < -0.39 is 17.7 Å². The normalized spacial score (nSPS) is 17.3. The van der Waals surface area contributed by atoms with Gasteiger partial charge < -0.3 is 28.6 Å². The van der Waals surface area contributed by atoms with Crippen LogP contribution in [0.15, 0.2) is 70.9 Å². The molecule has 1 aromatic heterocycles. The maximum atomic E-state index is 13.2. The molecule has 4 rings (SSSR count). The molecule has 33 heavy (non-hydrogen) atoms. The first-order valence-corrected chi connectivity index (χ1v) is 10.2. The molecule has 8 heteroatoms. The standard InChI is InChI=1S/C25H23NO7/c1-30-16-7-4-6-15(12-16)22-21(23(27)19-13-17(31-2)9-10-20(19)32-3)24(28)25(29)26(22)14-18-8-5-11-33-18/h4-13,22,27H,14H2,1-3H3/b23-21+. The predicted molar refractivity (Wildman–Crippen MR) is 119 cm³/mol. The maximum absolute atomic E-state index is 13.2. The molecule has 0 saturated carbocycles. The lowest BCUT2D eigenvalue weighted by atomic mass is 9.94. The molecule has 170 valence electrons. The Labute approximate surface area is 190 Å². The highest BCUT2D eigenvalue weighted by atomic mass is 16.5. The number of carbonyl (C=O) groups excluding carboxylic acids is 2. The van der Waals surface area contributed by atoms with E-state index in [9.17, 15) is 14.7 Å². The van der Waals surface area contributed by atoms with E-state index in [4.69, 9.17) is 18.6 Å². The summed E-state index contributed by atoms with van der Waals surface area (Å²) in [7, 11) is 4.47. The van der Waals surface area contributed by atoms with Crippen LogP contribution in [0.1, 0.15) is 22.9 Å². The first kappa shape index (κ1) is 22.0. The van der Waals surface area contributed by atoms with Gasteiger partial charge in [-0.05, 0) is 48.0 Å². The van der Waals surface area contributed by atoms with E-state index in [2.05, 4.69) is 0 Å². The van der Waals surface area contributed by atoms with Crippen molar-refractivity contribution < 1.29 is 33.3 Å². The van der Waals surface area contributed by atoms with Crippen LogP contribution in [0.5, 0.6) is 17.2 Å². The summed E-state index contributed by atoms with van der Waals surface area (Å²) in [5, 5.41) is 11.3. The Morgan fingerprint density at radius 3 is 2.39 bits per heavy atom. The van der Waals surface area contributed by atoms with Gasteiger partial charge >= 0.3 is 0 Å². The summed E-state index contributed by atoms with van der Waals surface area (Å²) in [6, 6.07) is 14.4. The van der Waals surface area contributed by atoms with Gasteiger partial charge in [0.2, 0.25) is 0 Å². The summed E-state index contributed by atoms with van der Waals surface area (Å²) in [5.74, 6) is -0.0768. The van der Waals surface area contributed by atoms with Crippen molar-refractivity contribution >= 4 is 17.4 Å². The molecule has 2 aromatic carbocycles. The van der Waals surface area contributed by atoms with Gasteiger partial charge in [-0.2, -0.15) is 0 Å². The number of likely N-dealkylation sites (tertiary alicyclic amines) is 1. The van der Waals surface area contributed by atoms with Gasteiger partial charge in [-0.1, -0.05) is 12.1 Å². The maximum Gasteiger partial charge on any atom is 0.296 e. The molecule has 2 heterocycles. The summed E-state index contributed by atoms with van der Waals surface area (Å²) in [6.45, 7) is 0.0471. The topological polar surface area (TPSA) is 98.4 Å². The average molecular weight is 449 g/mol. The van der Waals surface area contributed by atoms with Gasteiger partial charge in [0.15, 0.2) is 0 Å². The van der Waals surface area contributed by atoms with Crippen molar-refractivity contribution in [2.75, 3.05) is 21.3 Å². The number of amides is 1. The number of aliphatic hydroxyl groups is 1. The first-order chi connectivity index (χ1) is 16.0. The number of rotatable bonds is 7. The number of Topliss-reactive ketones (excluding diaryl/α,β-unsaturated/α-hetero) is 1. The molecule has 8 nitrogen and oxygen atoms in total. The molecular formula is C25H23NO7. The van der Waals surface area contributed by atoms with Crippen LogP contribution in [-0.2, 0) is 16.1 Å². The second-order valence-electron chi connectivity index (χ2n) is 7.35. The zero-order valence-corrected chi connectivity index (χ0v) is 18.4. The van der Waals surface area contributed by atoms with E-state index in [0.29, 0.717) is 28.6 Å². The van der Waals surface area contributed by atoms with E-state index in [1.54, 1.807) is 54.6 Å². The highest BCUT2D eigenvalue weighted by Gasteiger charge is 2.46. The Kier molecular flexibility index (Phi) is 6.08. The molecule has 1 aliphatic heterocycles. The van der Waals surface area contributed by atoms with Crippen LogP contribution < -0.4 is 14.2 Å². The second-order valence-corrected chi connectivity index (χ2v) is 7.35. The molecule has 1 amide bonds. The molecular weight excluding hydrogens is 426 g/mol. The molecule has 0 bridgehead atoms. The van der Waals surface area contributed by atoms with Crippen molar-refractivity contribution in [2.45, 2.75) is 12.6 Å². The number of methoxy groups -OCH3 is 3. The zero-order valence-electron chi connectivity index (χ0n) is 18.4. The van der Waals surface area contributed by atoms with Gasteiger partial charge in [0, 0.05) is 0 Å². The van der Waals surface area contributed by atoms with Gasteiger partial charge in [-0.3, -0.25) is 9.59 Å². The lowest BCUT2D eigenvalue weighted by Crippen LogP contribution is -2.29. The third kappa shape index (κ3) is 4.03. The van der Waals surface area contributed by atoms with Crippen LogP contribution in [0.2, 0.25) is 0 Å². The Morgan fingerprint density at radius 2 is 1.73 bits per heavy atom. The summed E-state index contributed by atoms with van der Waals surface area (Å²) < 4.78 is 21.4. The monoisotopic (exact) mass is 449 g/mol. The number of carbonyl (C=O) groups is 2. The number of aliphatic hydroxyl groups excluding tert-OH is 1. The lowest BCUT2D eigenvalue weighted by Gasteiger charge is -2.25. The molecule has 0 aliphatic carbocycles. The van der Waals surface area contributed by atoms with Crippen molar-refractivity contribution in [3.05, 3.63) is 83.3 Å². The van der Waals surface area contributed by atoms with E-state index in [1.165, 1.54) is 32.5 Å². The lowest BCUT2D eigenvalue weighted by molar-refractivity contribution is -0.140. The summed E-state index contributed by atoms with van der Waals surface area (Å²) in [5.41, 5.74) is 0.774. The highest BCUT2D eigenvalue weighted by molar-refractivity contribution is 6.46. The number of benzene rings is 2. The van der Waals surface area contributed by atoms with Gasteiger partial charge in [0.05, 0.1) is 51.3 Å².